The van der Waals surface area contributed by atoms with Crippen molar-refractivity contribution in [2.24, 2.45) is 0 Å². The number of benzene rings is 1. The quantitative estimate of drug-likeness (QED) is 0.696. The zero-order valence-electron chi connectivity index (χ0n) is 14.7. The zero-order chi connectivity index (χ0) is 18.2. The molecule has 1 N–H and O–H groups in total. The molecule has 6 nitrogen and oxygen atoms in total. The van der Waals surface area contributed by atoms with E-state index < -0.39 is 0 Å². The standard InChI is InChI=1S/C19H24FN3O3/c20-16-6-4-15(5-7-16)18-12-17(22-26-18)13-25-14-19(24)21-8-3-11-23-9-1-2-10-23/h4-7,12H,1-3,8-11,13-14H2,(H,21,24). The van der Waals surface area contributed by atoms with Gasteiger partial charge in [-0.05, 0) is 63.2 Å². The largest absolute Gasteiger partial charge is 0.365 e. The van der Waals surface area contributed by atoms with Gasteiger partial charge in [0, 0.05) is 18.2 Å². The molecule has 140 valence electrons. The molecule has 0 aliphatic carbocycles. The summed E-state index contributed by atoms with van der Waals surface area (Å²) in [4.78, 5) is 14.2. The summed E-state index contributed by atoms with van der Waals surface area (Å²) in [6.07, 6.45) is 3.52. The van der Waals surface area contributed by atoms with Crippen LogP contribution >= 0.6 is 0 Å². The van der Waals surface area contributed by atoms with Gasteiger partial charge in [0.1, 0.15) is 18.1 Å². The molecule has 1 saturated heterocycles. The summed E-state index contributed by atoms with van der Waals surface area (Å²) in [7, 11) is 0. The van der Waals surface area contributed by atoms with Gasteiger partial charge in [0.25, 0.3) is 0 Å². The highest BCUT2D eigenvalue weighted by Gasteiger charge is 2.11. The number of aromatic nitrogens is 1. The fourth-order valence-corrected chi connectivity index (χ4v) is 2.97. The molecule has 3 rings (SSSR count). The van der Waals surface area contributed by atoms with E-state index in [2.05, 4.69) is 15.4 Å². The maximum Gasteiger partial charge on any atom is 0.246 e. The second-order valence-electron chi connectivity index (χ2n) is 6.43. The number of nitrogens with one attached hydrogen (secondary N) is 1. The Labute approximate surface area is 152 Å². The lowest BCUT2D eigenvalue weighted by Gasteiger charge is -2.14. The molecule has 2 heterocycles. The van der Waals surface area contributed by atoms with E-state index in [0.717, 1.165) is 18.5 Å². The Bertz CT molecular complexity index is 696. The van der Waals surface area contributed by atoms with Gasteiger partial charge in [-0.25, -0.2) is 4.39 Å². The molecule has 0 saturated carbocycles. The van der Waals surface area contributed by atoms with Crippen molar-refractivity contribution in [1.29, 1.82) is 0 Å². The first-order valence-corrected chi connectivity index (χ1v) is 8.99. The average Bonchev–Trinajstić information content (AvgIpc) is 3.31. The minimum Gasteiger partial charge on any atom is -0.365 e. The van der Waals surface area contributed by atoms with Crippen LogP contribution in [0.2, 0.25) is 0 Å². The Balaban J connectivity index is 1.31. The van der Waals surface area contributed by atoms with Crippen molar-refractivity contribution in [1.82, 2.24) is 15.4 Å². The Morgan fingerprint density at radius 3 is 2.81 bits per heavy atom. The van der Waals surface area contributed by atoms with E-state index >= 15 is 0 Å². The molecule has 1 fully saturated rings. The van der Waals surface area contributed by atoms with E-state index in [1.165, 1.54) is 38.1 Å². The summed E-state index contributed by atoms with van der Waals surface area (Å²) in [5, 5.41) is 6.76. The first-order valence-electron chi connectivity index (χ1n) is 8.99. The number of halogens is 1. The molecule has 1 aliphatic heterocycles. The normalized spacial score (nSPS) is 14.7. The van der Waals surface area contributed by atoms with Gasteiger partial charge in [0.15, 0.2) is 5.76 Å². The molecule has 1 amide bonds. The lowest BCUT2D eigenvalue weighted by molar-refractivity contribution is -0.126. The van der Waals surface area contributed by atoms with Gasteiger partial charge in [0.2, 0.25) is 5.91 Å². The highest BCUT2D eigenvalue weighted by Crippen LogP contribution is 2.20. The molecule has 2 aromatic rings. The molecule has 26 heavy (non-hydrogen) atoms. The molecule has 0 spiro atoms. The van der Waals surface area contributed by atoms with E-state index in [4.69, 9.17) is 9.26 Å². The number of carbonyl (C=O) groups is 1. The number of hydrogen-bond donors (Lipinski definition) is 1. The number of nitrogens with zero attached hydrogens (tertiary/aromatic N) is 2. The Kier molecular flexibility index (Phi) is 6.74. The Hall–Kier alpha value is -2.25. The van der Waals surface area contributed by atoms with Gasteiger partial charge in [-0.2, -0.15) is 0 Å². The van der Waals surface area contributed by atoms with Crippen molar-refractivity contribution in [2.75, 3.05) is 32.8 Å². The van der Waals surface area contributed by atoms with Crippen LogP contribution in [0, 0.1) is 5.82 Å². The maximum absolute atomic E-state index is 12.9. The van der Waals surface area contributed by atoms with Crippen LogP contribution in [0.4, 0.5) is 4.39 Å². The molecule has 1 aromatic carbocycles. The molecule has 7 heteroatoms. The average molecular weight is 361 g/mol. The Morgan fingerprint density at radius 2 is 2.04 bits per heavy atom. The fourth-order valence-electron chi connectivity index (χ4n) is 2.97. The zero-order valence-corrected chi connectivity index (χ0v) is 14.7. The monoisotopic (exact) mass is 361 g/mol. The molecular formula is C19H24FN3O3. The molecule has 0 radical (unpaired) electrons. The van der Waals surface area contributed by atoms with Crippen LogP contribution in [0.25, 0.3) is 11.3 Å². The van der Waals surface area contributed by atoms with Gasteiger partial charge in [0.05, 0.1) is 6.61 Å². The predicted octanol–water partition coefficient (Wildman–Crippen LogP) is 2.60. The van der Waals surface area contributed by atoms with E-state index in [-0.39, 0.29) is 24.9 Å². The highest BCUT2D eigenvalue weighted by atomic mass is 19.1. The minimum absolute atomic E-state index is 0.0115. The fraction of sp³-hybridized carbons (Fsp3) is 0.474. The molecule has 1 aromatic heterocycles. The van der Waals surface area contributed by atoms with E-state index in [1.54, 1.807) is 18.2 Å². The lowest BCUT2D eigenvalue weighted by Crippen LogP contribution is -2.31. The van der Waals surface area contributed by atoms with Crippen LogP contribution in [0.5, 0.6) is 0 Å². The third-order valence-electron chi connectivity index (χ3n) is 4.34. The first-order chi connectivity index (χ1) is 12.7. The van der Waals surface area contributed by atoms with E-state index in [0.29, 0.717) is 18.0 Å². The van der Waals surface area contributed by atoms with E-state index in [9.17, 15) is 9.18 Å². The van der Waals surface area contributed by atoms with Crippen LogP contribution in [0.3, 0.4) is 0 Å². The van der Waals surface area contributed by atoms with Crippen molar-refractivity contribution in [3.63, 3.8) is 0 Å². The van der Waals surface area contributed by atoms with Crippen molar-refractivity contribution in [2.45, 2.75) is 25.9 Å². The highest BCUT2D eigenvalue weighted by molar-refractivity contribution is 5.77. The number of rotatable bonds is 9. The van der Waals surface area contributed by atoms with Crippen molar-refractivity contribution in [3.05, 3.63) is 41.8 Å². The van der Waals surface area contributed by atoms with Gasteiger partial charge in [-0.1, -0.05) is 5.16 Å². The third kappa shape index (κ3) is 5.64. The number of likely N-dealkylation sites (tertiary alicyclic amines) is 1. The number of hydrogen-bond acceptors (Lipinski definition) is 5. The first kappa shape index (κ1) is 18.5. The molecule has 0 bridgehead atoms. The summed E-state index contributed by atoms with van der Waals surface area (Å²) in [5.41, 5.74) is 1.33. The molecule has 1 aliphatic rings. The van der Waals surface area contributed by atoms with Gasteiger partial charge in [-0.15, -0.1) is 0 Å². The summed E-state index contributed by atoms with van der Waals surface area (Å²) < 4.78 is 23.5. The van der Waals surface area contributed by atoms with Gasteiger partial charge in [-0.3, -0.25) is 4.79 Å². The second-order valence-corrected chi connectivity index (χ2v) is 6.43. The lowest BCUT2D eigenvalue weighted by atomic mass is 10.1. The minimum atomic E-state index is -0.303. The molecule has 0 atom stereocenters. The van der Waals surface area contributed by atoms with Gasteiger partial charge >= 0.3 is 0 Å². The Morgan fingerprint density at radius 1 is 1.27 bits per heavy atom. The SMILES string of the molecule is O=C(COCc1cc(-c2ccc(F)cc2)on1)NCCCN1CCCC1. The van der Waals surface area contributed by atoms with Crippen molar-refractivity contribution < 1.29 is 18.4 Å². The summed E-state index contributed by atoms with van der Waals surface area (Å²) in [5.74, 6) is 0.104. The molecular weight excluding hydrogens is 337 g/mol. The second kappa shape index (κ2) is 9.45. The van der Waals surface area contributed by atoms with Crippen LogP contribution < -0.4 is 5.32 Å². The topological polar surface area (TPSA) is 67.6 Å². The van der Waals surface area contributed by atoms with E-state index in [1.807, 2.05) is 0 Å². The third-order valence-corrected chi connectivity index (χ3v) is 4.34. The van der Waals surface area contributed by atoms with Gasteiger partial charge < -0.3 is 19.5 Å². The van der Waals surface area contributed by atoms with Crippen molar-refractivity contribution in [3.8, 4) is 11.3 Å². The molecule has 0 unspecified atom stereocenters. The number of carbonyl (C=O) groups excluding carboxylic acids is 1. The van der Waals surface area contributed by atoms with Crippen LogP contribution in [0.1, 0.15) is 25.0 Å². The van der Waals surface area contributed by atoms with Crippen molar-refractivity contribution >= 4 is 5.91 Å². The summed E-state index contributed by atoms with van der Waals surface area (Å²) in [6, 6.07) is 7.69. The summed E-state index contributed by atoms with van der Waals surface area (Å²) in [6.45, 7) is 4.22. The van der Waals surface area contributed by atoms with Crippen LogP contribution in [-0.4, -0.2) is 48.7 Å². The number of amides is 1. The number of ether oxygens (including phenoxy) is 1. The maximum atomic E-state index is 12.9. The van der Waals surface area contributed by atoms with Crippen LogP contribution in [0.15, 0.2) is 34.9 Å². The van der Waals surface area contributed by atoms with Crippen LogP contribution in [-0.2, 0) is 16.1 Å². The smallest absolute Gasteiger partial charge is 0.246 e. The summed E-state index contributed by atoms with van der Waals surface area (Å²) >= 11 is 0. The predicted molar refractivity (Wildman–Crippen MR) is 94.9 cm³/mol.